The lowest BCUT2D eigenvalue weighted by molar-refractivity contribution is 1.07. The van der Waals surface area contributed by atoms with Gasteiger partial charge in [0.15, 0.2) is 17.5 Å². The Labute approximate surface area is 285 Å². The standard InChI is InChI=1S/C44H31N5/c1-30-15-16-37(29-46-30)31-17-19-32(20-18-31)38-26-39(33-21-23-34(24-22-33)41-14-8-9-25-45-41)28-40(27-38)44-48-42(35-10-4-2-5-11-35)47-43(49-44)36-12-6-3-7-13-36/h2-29H,1H3. The fraction of sp³-hybridized carbons (Fsp3) is 0.0227. The molecule has 0 aliphatic heterocycles. The van der Waals surface area contributed by atoms with Gasteiger partial charge in [0.05, 0.1) is 5.69 Å². The van der Waals surface area contributed by atoms with Gasteiger partial charge in [-0.3, -0.25) is 9.97 Å². The van der Waals surface area contributed by atoms with E-state index in [0.717, 1.165) is 67.0 Å². The van der Waals surface area contributed by atoms with Gasteiger partial charge < -0.3 is 0 Å². The van der Waals surface area contributed by atoms with Crippen LogP contribution in [0.5, 0.6) is 0 Å². The molecule has 5 aromatic carbocycles. The molecule has 3 heterocycles. The van der Waals surface area contributed by atoms with Crippen molar-refractivity contribution in [1.29, 1.82) is 0 Å². The van der Waals surface area contributed by atoms with Crippen LogP contribution in [0.15, 0.2) is 170 Å². The highest BCUT2D eigenvalue weighted by atomic mass is 15.0. The maximum absolute atomic E-state index is 5.05. The van der Waals surface area contributed by atoms with Crippen molar-refractivity contribution < 1.29 is 0 Å². The van der Waals surface area contributed by atoms with Crippen molar-refractivity contribution in [3.63, 3.8) is 0 Å². The van der Waals surface area contributed by atoms with Crippen molar-refractivity contribution in [2.75, 3.05) is 0 Å². The fourth-order valence-electron chi connectivity index (χ4n) is 5.89. The number of aryl methyl sites for hydroxylation is 1. The average Bonchev–Trinajstić information content (AvgIpc) is 3.19. The van der Waals surface area contributed by atoms with Gasteiger partial charge in [0.1, 0.15) is 0 Å². The Kier molecular flexibility index (Phi) is 8.06. The van der Waals surface area contributed by atoms with Crippen LogP contribution in [0.3, 0.4) is 0 Å². The van der Waals surface area contributed by atoms with Crippen molar-refractivity contribution in [2.45, 2.75) is 6.92 Å². The van der Waals surface area contributed by atoms with Crippen LogP contribution in [-0.2, 0) is 0 Å². The summed E-state index contributed by atoms with van der Waals surface area (Å²) in [5.41, 5.74) is 12.3. The molecule has 0 saturated carbocycles. The molecular formula is C44H31N5. The van der Waals surface area contributed by atoms with Crippen LogP contribution in [0, 0.1) is 6.92 Å². The maximum atomic E-state index is 5.05. The van der Waals surface area contributed by atoms with E-state index in [4.69, 9.17) is 15.0 Å². The lowest BCUT2D eigenvalue weighted by Crippen LogP contribution is -2.00. The predicted octanol–water partition coefficient (Wildman–Crippen LogP) is 10.6. The summed E-state index contributed by atoms with van der Waals surface area (Å²) in [5, 5.41) is 0. The molecule has 0 spiro atoms. The van der Waals surface area contributed by atoms with E-state index in [1.54, 1.807) is 0 Å². The number of hydrogen-bond donors (Lipinski definition) is 0. The van der Waals surface area contributed by atoms with E-state index in [2.05, 4.69) is 82.8 Å². The molecule has 0 bridgehead atoms. The Morgan fingerprint density at radius 3 is 1.27 bits per heavy atom. The van der Waals surface area contributed by atoms with Gasteiger partial charge in [-0.2, -0.15) is 0 Å². The van der Waals surface area contributed by atoms with Gasteiger partial charge >= 0.3 is 0 Å². The molecule has 0 fully saturated rings. The first-order chi connectivity index (χ1) is 24.2. The Morgan fingerprint density at radius 2 is 0.776 bits per heavy atom. The van der Waals surface area contributed by atoms with Crippen LogP contribution in [0.4, 0.5) is 0 Å². The third-order valence-electron chi connectivity index (χ3n) is 8.53. The quantitative estimate of drug-likeness (QED) is 0.175. The average molecular weight is 630 g/mol. The first-order valence-electron chi connectivity index (χ1n) is 16.2. The third-order valence-corrected chi connectivity index (χ3v) is 8.53. The Balaban J connectivity index is 1.27. The third kappa shape index (κ3) is 6.51. The van der Waals surface area contributed by atoms with E-state index in [1.807, 2.05) is 104 Å². The summed E-state index contributed by atoms with van der Waals surface area (Å²) in [6.07, 6.45) is 3.74. The minimum absolute atomic E-state index is 0.614. The van der Waals surface area contributed by atoms with Gasteiger partial charge in [-0.05, 0) is 71.1 Å². The molecule has 49 heavy (non-hydrogen) atoms. The molecule has 232 valence electrons. The summed E-state index contributed by atoms with van der Waals surface area (Å²) in [6.45, 7) is 2.00. The summed E-state index contributed by atoms with van der Waals surface area (Å²) in [4.78, 5) is 24.0. The minimum atomic E-state index is 0.614. The van der Waals surface area contributed by atoms with E-state index in [-0.39, 0.29) is 0 Å². The van der Waals surface area contributed by atoms with Crippen molar-refractivity contribution in [2.24, 2.45) is 0 Å². The second-order valence-corrected chi connectivity index (χ2v) is 11.9. The number of rotatable bonds is 7. The van der Waals surface area contributed by atoms with E-state index < -0.39 is 0 Å². The molecule has 5 heteroatoms. The molecular weight excluding hydrogens is 599 g/mol. The van der Waals surface area contributed by atoms with Crippen LogP contribution in [0.25, 0.3) is 78.8 Å². The van der Waals surface area contributed by atoms with Gasteiger partial charge in [-0.25, -0.2) is 15.0 Å². The Bertz CT molecular complexity index is 2280. The van der Waals surface area contributed by atoms with Crippen molar-refractivity contribution in [1.82, 2.24) is 24.9 Å². The lowest BCUT2D eigenvalue weighted by atomic mass is 9.94. The van der Waals surface area contributed by atoms with Gasteiger partial charge in [0, 0.05) is 45.9 Å². The molecule has 5 nitrogen and oxygen atoms in total. The van der Waals surface area contributed by atoms with E-state index in [1.165, 1.54) is 0 Å². The summed E-state index contributed by atoms with van der Waals surface area (Å²) in [5.74, 6) is 1.88. The zero-order valence-electron chi connectivity index (χ0n) is 26.9. The summed E-state index contributed by atoms with van der Waals surface area (Å²) in [6, 6.07) is 54.0. The minimum Gasteiger partial charge on any atom is -0.261 e. The molecule has 3 aromatic heterocycles. The predicted molar refractivity (Wildman–Crippen MR) is 198 cm³/mol. The van der Waals surface area contributed by atoms with E-state index in [9.17, 15) is 0 Å². The van der Waals surface area contributed by atoms with Gasteiger partial charge in [0.2, 0.25) is 0 Å². The largest absolute Gasteiger partial charge is 0.261 e. The molecule has 0 aliphatic carbocycles. The number of pyridine rings is 2. The van der Waals surface area contributed by atoms with Crippen LogP contribution in [0.2, 0.25) is 0 Å². The summed E-state index contributed by atoms with van der Waals surface area (Å²) >= 11 is 0. The SMILES string of the molecule is Cc1ccc(-c2ccc(-c3cc(-c4ccc(-c5ccccn5)cc4)cc(-c4nc(-c5ccccc5)nc(-c5ccccc5)n4)c3)cc2)cn1. The first-order valence-corrected chi connectivity index (χ1v) is 16.2. The molecule has 0 N–H and O–H groups in total. The van der Waals surface area contributed by atoms with Gasteiger partial charge in [0.25, 0.3) is 0 Å². The monoisotopic (exact) mass is 629 g/mol. The molecule has 0 saturated heterocycles. The normalized spacial score (nSPS) is 11.0. The van der Waals surface area contributed by atoms with Crippen molar-refractivity contribution >= 4 is 0 Å². The molecule has 0 atom stereocenters. The topological polar surface area (TPSA) is 64.5 Å². The molecule has 8 rings (SSSR count). The molecule has 0 radical (unpaired) electrons. The smallest absolute Gasteiger partial charge is 0.164 e. The van der Waals surface area contributed by atoms with Crippen LogP contribution >= 0.6 is 0 Å². The molecule has 8 aromatic rings. The summed E-state index contributed by atoms with van der Waals surface area (Å²) in [7, 11) is 0. The highest BCUT2D eigenvalue weighted by Gasteiger charge is 2.15. The molecule has 0 aliphatic rings. The zero-order chi connectivity index (χ0) is 33.0. The number of aromatic nitrogens is 5. The number of benzene rings is 5. The van der Waals surface area contributed by atoms with Crippen molar-refractivity contribution in [3.8, 4) is 78.8 Å². The second-order valence-electron chi connectivity index (χ2n) is 11.9. The Hall–Kier alpha value is -6.59. The summed E-state index contributed by atoms with van der Waals surface area (Å²) < 4.78 is 0. The van der Waals surface area contributed by atoms with Crippen LogP contribution in [0.1, 0.15) is 5.69 Å². The highest BCUT2D eigenvalue weighted by Crippen LogP contribution is 2.35. The highest BCUT2D eigenvalue weighted by molar-refractivity contribution is 5.82. The van der Waals surface area contributed by atoms with Crippen LogP contribution < -0.4 is 0 Å². The maximum Gasteiger partial charge on any atom is 0.164 e. The second kappa shape index (κ2) is 13.3. The Morgan fingerprint density at radius 1 is 0.327 bits per heavy atom. The first kappa shape index (κ1) is 29.8. The van der Waals surface area contributed by atoms with E-state index in [0.29, 0.717) is 17.5 Å². The van der Waals surface area contributed by atoms with Crippen molar-refractivity contribution in [3.05, 3.63) is 176 Å². The molecule has 0 amide bonds. The van der Waals surface area contributed by atoms with Gasteiger partial charge in [-0.1, -0.05) is 121 Å². The zero-order valence-corrected chi connectivity index (χ0v) is 26.9. The van der Waals surface area contributed by atoms with Crippen LogP contribution in [-0.4, -0.2) is 24.9 Å². The van der Waals surface area contributed by atoms with E-state index >= 15 is 0 Å². The van der Waals surface area contributed by atoms with Gasteiger partial charge in [-0.15, -0.1) is 0 Å². The number of nitrogens with zero attached hydrogens (tertiary/aromatic N) is 5. The molecule has 0 unspecified atom stereocenters. The fourth-order valence-corrected chi connectivity index (χ4v) is 5.89. The number of hydrogen-bond acceptors (Lipinski definition) is 5. The lowest BCUT2D eigenvalue weighted by Gasteiger charge is -2.13.